The third-order valence-electron chi connectivity index (χ3n) is 6.48. The molecule has 1 aliphatic heterocycles. The Morgan fingerprint density at radius 3 is 2.54 bits per heavy atom. The van der Waals surface area contributed by atoms with E-state index >= 15 is 0 Å². The minimum absolute atomic E-state index is 0.0257. The molecule has 188 valence electrons. The number of hydrogen-bond acceptors (Lipinski definition) is 5. The third-order valence-corrected chi connectivity index (χ3v) is 6.97. The molecule has 3 aromatic carbocycles. The molecule has 4 aromatic rings. The summed E-state index contributed by atoms with van der Waals surface area (Å²) in [6.45, 7) is 6.54. The van der Waals surface area contributed by atoms with Crippen molar-refractivity contribution >= 4 is 44.3 Å². The standard InChI is InChI=1S/C30H26BrNO5/c1-4-36-23-7-5-6-22(16-23)32-27(19-10-8-18(9-11-19)17(2)3)26(29(34)30(32)35)28(33)25-15-20-14-21(31)12-13-24(20)37-25/h5-17,27,34H,4H2,1-3H3. The lowest BCUT2D eigenvalue weighted by molar-refractivity contribution is -0.117. The van der Waals surface area contributed by atoms with Crippen LogP contribution >= 0.6 is 15.9 Å². The highest BCUT2D eigenvalue weighted by atomic mass is 79.9. The smallest absolute Gasteiger partial charge is 0.294 e. The van der Waals surface area contributed by atoms with Crippen molar-refractivity contribution in [3.63, 3.8) is 0 Å². The van der Waals surface area contributed by atoms with Crippen LogP contribution in [0.15, 0.2) is 93.0 Å². The van der Waals surface area contributed by atoms with Gasteiger partial charge in [-0.05, 0) is 60.4 Å². The summed E-state index contributed by atoms with van der Waals surface area (Å²) in [4.78, 5) is 28.8. The number of aliphatic hydroxyl groups excluding tert-OH is 1. The van der Waals surface area contributed by atoms with Gasteiger partial charge in [-0.3, -0.25) is 14.5 Å². The van der Waals surface area contributed by atoms with Gasteiger partial charge in [0.25, 0.3) is 5.91 Å². The Hall–Kier alpha value is -3.84. The van der Waals surface area contributed by atoms with E-state index in [1.165, 1.54) is 4.90 Å². The van der Waals surface area contributed by atoms with Crippen LogP contribution in [-0.4, -0.2) is 23.4 Å². The first-order chi connectivity index (χ1) is 17.8. The molecule has 7 heteroatoms. The first-order valence-electron chi connectivity index (χ1n) is 12.1. The zero-order valence-corrected chi connectivity index (χ0v) is 22.3. The van der Waals surface area contributed by atoms with E-state index in [1.807, 2.05) is 43.3 Å². The van der Waals surface area contributed by atoms with Gasteiger partial charge in [-0.15, -0.1) is 0 Å². The number of nitrogens with zero attached hydrogens (tertiary/aromatic N) is 1. The van der Waals surface area contributed by atoms with E-state index in [0.717, 1.165) is 15.4 Å². The normalized spacial score (nSPS) is 15.8. The fourth-order valence-electron chi connectivity index (χ4n) is 4.63. The number of ether oxygens (including phenoxy) is 1. The van der Waals surface area contributed by atoms with Gasteiger partial charge in [0.1, 0.15) is 11.3 Å². The maximum absolute atomic E-state index is 13.8. The van der Waals surface area contributed by atoms with Crippen molar-refractivity contribution in [2.45, 2.75) is 32.7 Å². The van der Waals surface area contributed by atoms with Gasteiger partial charge < -0.3 is 14.3 Å². The van der Waals surface area contributed by atoms with Crippen molar-refractivity contribution in [3.8, 4) is 5.75 Å². The van der Waals surface area contributed by atoms with Crippen molar-refractivity contribution in [1.29, 1.82) is 0 Å². The molecule has 0 radical (unpaired) electrons. The maximum Gasteiger partial charge on any atom is 0.294 e. The molecule has 0 saturated heterocycles. The molecule has 6 nitrogen and oxygen atoms in total. The van der Waals surface area contributed by atoms with E-state index in [0.29, 0.717) is 35.1 Å². The molecular weight excluding hydrogens is 534 g/mol. The van der Waals surface area contributed by atoms with Crippen molar-refractivity contribution in [3.05, 3.63) is 105 Å². The Morgan fingerprint density at radius 1 is 1.08 bits per heavy atom. The second kappa shape index (κ2) is 9.90. The molecule has 37 heavy (non-hydrogen) atoms. The molecule has 5 rings (SSSR count). The summed E-state index contributed by atoms with van der Waals surface area (Å²) in [6, 6.07) is 21.0. The predicted molar refractivity (Wildman–Crippen MR) is 146 cm³/mol. The number of halogens is 1. The highest BCUT2D eigenvalue weighted by Gasteiger charge is 2.45. The summed E-state index contributed by atoms with van der Waals surface area (Å²) in [5, 5.41) is 11.8. The second-order valence-corrected chi connectivity index (χ2v) is 10.1. The number of aliphatic hydroxyl groups is 1. The minimum Gasteiger partial charge on any atom is -0.503 e. The zero-order valence-electron chi connectivity index (χ0n) is 20.7. The molecule has 0 aliphatic carbocycles. The van der Waals surface area contributed by atoms with Crippen LogP contribution in [0.5, 0.6) is 5.75 Å². The molecule has 0 spiro atoms. The van der Waals surface area contributed by atoms with E-state index in [2.05, 4.69) is 29.8 Å². The van der Waals surface area contributed by atoms with E-state index in [-0.39, 0.29) is 11.3 Å². The SMILES string of the molecule is CCOc1cccc(N2C(=O)C(O)=C(C(=O)c3cc4cc(Br)ccc4o3)C2c2ccc(C(C)C)cc2)c1. The molecule has 1 unspecified atom stereocenters. The lowest BCUT2D eigenvalue weighted by Gasteiger charge is -2.27. The summed E-state index contributed by atoms with van der Waals surface area (Å²) in [6.07, 6.45) is 0. The average molecular weight is 560 g/mol. The Labute approximate surface area is 223 Å². The number of benzene rings is 3. The van der Waals surface area contributed by atoms with Crippen molar-refractivity contribution in [1.82, 2.24) is 0 Å². The number of hydrogen-bond donors (Lipinski definition) is 1. The van der Waals surface area contributed by atoms with E-state index in [4.69, 9.17) is 9.15 Å². The van der Waals surface area contributed by atoms with Gasteiger partial charge in [-0.25, -0.2) is 0 Å². The van der Waals surface area contributed by atoms with Crippen molar-refractivity contribution in [2.75, 3.05) is 11.5 Å². The Kier molecular flexibility index (Phi) is 6.65. The number of anilines is 1. The molecule has 1 aliphatic rings. The molecule has 1 atom stereocenters. The molecule has 0 bridgehead atoms. The minimum atomic E-state index is -0.849. The summed E-state index contributed by atoms with van der Waals surface area (Å²) >= 11 is 3.43. The molecule has 1 N–H and O–H groups in total. The summed E-state index contributed by atoms with van der Waals surface area (Å²) in [5.74, 6) is -0.835. The predicted octanol–water partition coefficient (Wildman–Crippen LogP) is 7.50. The average Bonchev–Trinajstić information content (AvgIpc) is 3.42. The van der Waals surface area contributed by atoms with Gasteiger partial charge in [0.2, 0.25) is 5.78 Å². The molecular formula is C30H26BrNO5. The van der Waals surface area contributed by atoms with Crippen molar-refractivity contribution < 1.29 is 23.8 Å². The number of fused-ring (bicyclic) bond motifs is 1. The second-order valence-electron chi connectivity index (χ2n) is 9.21. The largest absolute Gasteiger partial charge is 0.503 e. The lowest BCUT2D eigenvalue weighted by atomic mass is 9.92. The van der Waals surface area contributed by atoms with Gasteiger partial charge >= 0.3 is 0 Å². The van der Waals surface area contributed by atoms with Gasteiger partial charge in [0, 0.05) is 21.6 Å². The van der Waals surface area contributed by atoms with Crippen LogP contribution < -0.4 is 9.64 Å². The van der Waals surface area contributed by atoms with Crippen LogP contribution in [0.3, 0.4) is 0 Å². The molecule has 0 fully saturated rings. The highest BCUT2D eigenvalue weighted by Crippen LogP contribution is 2.43. The highest BCUT2D eigenvalue weighted by molar-refractivity contribution is 9.10. The van der Waals surface area contributed by atoms with E-state index in [1.54, 1.807) is 36.4 Å². The Morgan fingerprint density at radius 2 is 1.84 bits per heavy atom. The molecule has 2 heterocycles. The number of furan rings is 1. The summed E-state index contributed by atoms with van der Waals surface area (Å²) < 4.78 is 12.3. The fraction of sp³-hybridized carbons (Fsp3) is 0.200. The van der Waals surface area contributed by atoms with Crippen LogP contribution in [-0.2, 0) is 4.79 Å². The van der Waals surface area contributed by atoms with E-state index in [9.17, 15) is 14.7 Å². The fourth-order valence-corrected chi connectivity index (χ4v) is 5.01. The quantitative estimate of drug-likeness (QED) is 0.237. The first kappa shape index (κ1) is 24.8. The number of carbonyl (C=O) groups is 2. The number of ketones is 1. The molecule has 1 aromatic heterocycles. The van der Waals surface area contributed by atoms with Crippen LogP contribution in [0, 0.1) is 0 Å². The lowest BCUT2D eigenvalue weighted by Crippen LogP contribution is -2.31. The topological polar surface area (TPSA) is 80.0 Å². The summed E-state index contributed by atoms with van der Waals surface area (Å²) in [5.41, 5.74) is 2.85. The van der Waals surface area contributed by atoms with Crippen LogP contribution in [0.4, 0.5) is 5.69 Å². The van der Waals surface area contributed by atoms with Crippen LogP contribution in [0.25, 0.3) is 11.0 Å². The molecule has 0 saturated carbocycles. The number of rotatable bonds is 7. The van der Waals surface area contributed by atoms with Gasteiger partial charge in [-0.2, -0.15) is 0 Å². The van der Waals surface area contributed by atoms with Gasteiger partial charge in [-0.1, -0.05) is 60.1 Å². The summed E-state index contributed by atoms with van der Waals surface area (Å²) in [7, 11) is 0. The Balaban J connectivity index is 1.64. The van der Waals surface area contributed by atoms with Crippen LogP contribution in [0.1, 0.15) is 54.4 Å². The third kappa shape index (κ3) is 4.55. The number of carbonyl (C=O) groups excluding carboxylic acids is 2. The van der Waals surface area contributed by atoms with Crippen molar-refractivity contribution in [2.24, 2.45) is 0 Å². The van der Waals surface area contributed by atoms with Gasteiger partial charge in [0.05, 0.1) is 18.2 Å². The first-order valence-corrected chi connectivity index (χ1v) is 12.9. The van der Waals surface area contributed by atoms with Gasteiger partial charge in [0.15, 0.2) is 11.5 Å². The Bertz CT molecular complexity index is 1530. The number of amides is 1. The molecule has 1 amide bonds. The zero-order chi connectivity index (χ0) is 26.3. The maximum atomic E-state index is 13.8. The van der Waals surface area contributed by atoms with E-state index < -0.39 is 23.5 Å². The monoisotopic (exact) mass is 559 g/mol. The van der Waals surface area contributed by atoms with Crippen LogP contribution in [0.2, 0.25) is 0 Å². The number of Topliss-reactive ketones (excluding diaryl/α,β-unsaturated/α-hetero) is 1.